The molecule has 3 rings (SSSR count). The fourth-order valence-electron chi connectivity index (χ4n) is 1.89. The fourth-order valence-corrected chi connectivity index (χ4v) is 2.74. The largest absolute Gasteiger partial charge is 0.390 e. The first-order chi connectivity index (χ1) is 10.3. The predicted molar refractivity (Wildman–Crippen MR) is 80.1 cm³/mol. The summed E-state index contributed by atoms with van der Waals surface area (Å²) in [6.07, 6.45) is 3.44. The molecule has 0 fully saturated rings. The van der Waals surface area contributed by atoms with Gasteiger partial charge in [0.15, 0.2) is 5.16 Å². The molecule has 21 heavy (non-hydrogen) atoms. The molecule has 3 aromatic rings. The summed E-state index contributed by atoms with van der Waals surface area (Å²) in [5.41, 5.74) is 2.62. The molecule has 0 saturated carbocycles. The van der Waals surface area contributed by atoms with E-state index in [0.29, 0.717) is 5.75 Å². The van der Waals surface area contributed by atoms with Crippen LogP contribution in [0.1, 0.15) is 11.4 Å². The van der Waals surface area contributed by atoms with Crippen LogP contribution in [-0.2, 0) is 19.4 Å². The number of aromatic nitrogens is 5. The second-order valence-electron chi connectivity index (χ2n) is 4.50. The molecule has 0 unspecified atom stereocenters. The van der Waals surface area contributed by atoms with E-state index in [4.69, 9.17) is 5.11 Å². The van der Waals surface area contributed by atoms with Crippen LogP contribution in [0.2, 0.25) is 0 Å². The molecule has 0 spiro atoms. The Labute approximate surface area is 126 Å². The van der Waals surface area contributed by atoms with Crippen molar-refractivity contribution in [2.75, 3.05) is 0 Å². The molecule has 0 amide bonds. The van der Waals surface area contributed by atoms with Crippen molar-refractivity contribution in [2.24, 2.45) is 7.05 Å². The molecule has 1 N–H and O–H groups in total. The smallest absolute Gasteiger partial charge is 0.168 e. The van der Waals surface area contributed by atoms with Crippen LogP contribution in [-0.4, -0.2) is 29.7 Å². The molecule has 7 heteroatoms. The topological polar surface area (TPSA) is 68.8 Å². The Bertz CT molecular complexity index is 722. The van der Waals surface area contributed by atoms with Crippen molar-refractivity contribution in [3.63, 3.8) is 0 Å². The summed E-state index contributed by atoms with van der Waals surface area (Å²) in [5.74, 6) is 0.683. The van der Waals surface area contributed by atoms with Gasteiger partial charge in [0.2, 0.25) is 0 Å². The zero-order valence-electron chi connectivity index (χ0n) is 11.5. The van der Waals surface area contributed by atoms with E-state index < -0.39 is 0 Å². The number of imidazole rings is 1. The van der Waals surface area contributed by atoms with Gasteiger partial charge in [-0.25, -0.2) is 4.98 Å². The minimum absolute atomic E-state index is 0.00570. The first-order valence-electron chi connectivity index (χ1n) is 6.49. The lowest BCUT2D eigenvalue weighted by molar-refractivity contribution is 0.271. The Balaban J connectivity index is 1.69. The summed E-state index contributed by atoms with van der Waals surface area (Å²) in [5, 5.41) is 18.7. The van der Waals surface area contributed by atoms with Gasteiger partial charge in [0.25, 0.3) is 0 Å². The number of nitrogens with zero attached hydrogens (tertiary/aromatic N) is 5. The van der Waals surface area contributed by atoms with Crippen molar-refractivity contribution < 1.29 is 5.11 Å². The van der Waals surface area contributed by atoms with Gasteiger partial charge in [0, 0.05) is 12.8 Å². The third-order valence-corrected chi connectivity index (χ3v) is 4.16. The number of thioether (sulfide) groups is 1. The number of rotatable bonds is 5. The van der Waals surface area contributed by atoms with Crippen molar-refractivity contribution in [3.8, 4) is 5.69 Å². The van der Waals surface area contributed by atoms with Gasteiger partial charge in [-0.3, -0.25) is 0 Å². The van der Waals surface area contributed by atoms with E-state index in [0.717, 1.165) is 22.2 Å². The van der Waals surface area contributed by atoms with Crippen LogP contribution < -0.4 is 0 Å². The maximum absolute atomic E-state index is 9.15. The van der Waals surface area contributed by atoms with Gasteiger partial charge < -0.3 is 9.67 Å². The highest BCUT2D eigenvalue weighted by Gasteiger charge is 2.08. The zero-order chi connectivity index (χ0) is 14.7. The van der Waals surface area contributed by atoms with E-state index in [1.165, 1.54) is 0 Å². The van der Waals surface area contributed by atoms with E-state index in [2.05, 4.69) is 15.2 Å². The molecule has 0 saturated heterocycles. The highest BCUT2D eigenvalue weighted by molar-refractivity contribution is 7.98. The van der Waals surface area contributed by atoms with Gasteiger partial charge in [-0.2, -0.15) is 15.0 Å². The Kier molecular flexibility index (Phi) is 4.03. The summed E-state index contributed by atoms with van der Waals surface area (Å²) >= 11 is 1.57. The lowest BCUT2D eigenvalue weighted by Gasteiger charge is -2.02. The molecule has 0 bridgehead atoms. The molecule has 0 aliphatic heterocycles. The first-order valence-corrected chi connectivity index (χ1v) is 7.47. The summed E-state index contributed by atoms with van der Waals surface area (Å²) < 4.78 is 1.88. The standard InChI is InChI=1S/C14H15N5OS/c1-18-13(9-20)8-15-14(18)21-10-11-7-16-19(17-11)12-5-3-2-4-6-12/h2-8,20H,9-10H2,1H3. The number of aliphatic hydroxyl groups is 1. The number of benzene rings is 1. The minimum atomic E-state index is -0.00570. The molecule has 0 radical (unpaired) electrons. The van der Waals surface area contributed by atoms with Crippen LogP contribution >= 0.6 is 11.8 Å². The molecule has 2 heterocycles. The lowest BCUT2D eigenvalue weighted by atomic mass is 10.3. The van der Waals surface area contributed by atoms with Crippen molar-refractivity contribution in [3.05, 3.63) is 54.1 Å². The van der Waals surface area contributed by atoms with Crippen molar-refractivity contribution in [2.45, 2.75) is 17.5 Å². The lowest BCUT2D eigenvalue weighted by Crippen LogP contribution is -1.99. The molecule has 2 aromatic heterocycles. The number of hydrogen-bond acceptors (Lipinski definition) is 5. The highest BCUT2D eigenvalue weighted by Crippen LogP contribution is 2.21. The van der Waals surface area contributed by atoms with Gasteiger partial charge in [-0.1, -0.05) is 30.0 Å². The number of para-hydroxylation sites is 1. The van der Waals surface area contributed by atoms with Crippen molar-refractivity contribution in [1.29, 1.82) is 0 Å². The Morgan fingerprint density at radius 2 is 2.00 bits per heavy atom. The normalized spacial score (nSPS) is 11.0. The van der Waals surface area contributed by atoms with Gasteiger partial charge in [-0.05, 0) is 12.1 Å². The molecule has 0 aliphatic carbocycles. The number of hydrogen-bond donors (Lipinski definition) is 1. The maximum atomic E-state index is 9.15. The molecule has 6 nitrogen and oxygen atoms in total. The van der Waals surface area contributed by atoms with Gasteiger partial charge in [0.05, 0.1) is 36.1 Å². The Hall–Kier alpha value is -2.12. The van der Waals surface area contributed by atoms with E-state index in [1.54, 1.807) is 29.0 Å². The van der Waals surface area contributed by atoms with Crippen LogP contribution in [0, 0.1) is 0 Å². The van der Waals surface area contributed by atoms with Crippen LogP contribution in [0.25, 0.3) is 5.69 Å². The number of aliphatic hydroxyl groups excluding tert-OH is 1. The minimum Gasteiger partial charge on any atom is -0.390 e. The van der Waals surface area contributed by atoms with Crippen LogP contribution in [0.15, 0.2) is 47.9 Å². The van der Waals surface area contributed by atoms with Crippen molar-refractivity contribution >= 4 is 11.8 Å². The van der Waals surface area contributed by atoms with Gasteiger partial charge in [0.1, 0.15) is 0 Å². The molecule has 0 atom stereocenters. The van der Waals surface area contributed by atoms with Crippen molar-refractivity contribution in [1.82, 2.24) is 24.5 Å². The second kappa shape index (κ2) is 6.11. The zero-order valence-corrected chi connectivity index (χ0v) is 12.4. The second-order valence-corrected chi connectivity index (χ2v) is 5.44. The predicted octanol–water partition coefficient (Wildman–Crippen LogP) is 1.79. The fraction of sp³-hybridized carbons (Fsp3) is 0.214. The summed E-state index contributed by atoms with van der Waals surface area (Å²) in [4.78, 5) is 5.90. The molecular formula is C14H15N5OS. The molecule has 0 aliphatic rings. The van der Waals surface area contributed by atoms with Crippen LogP contribution in [0.3, 0.4) is 0 Å². The molecular weight excluding hydrogens is 286 g/mol. The quantitative estimate of drug-likeness (QED) is 0.728. The third-order valence-electron chi connectivity index (χ3n) is 3.08. The molecule has 108 valence electrons. The Morgan fingerprint density at radius 3 is 2.71 bits per heavy atom. The third kappa shape index (κ3) is 2.98. The van der Waals surface area contributed by atoms with Gasteiger partial charge in [-0.15, -0.1) is 0 Å². The summed E-state index contributed by atoms with van der Waals surface area (Å²) in [6, 6.07) is 9.80. The van der Waals surface area contributed by atoms with E-state index in [-0.39, 0.29) is 6.61 Å². The SMILES string of the molecule is Cn1c(CO)cnc1SCc1cnn(-c2ccccc2)n1. The van der Waals surface area contributed by atoms with E-state index in [9.17, 15) is 0 Å². The maximum Gasteiger partial charge on any atom is 0.168 e. The summed E-state index contributed by atoms with van der Waals surface area (Å²) in [7, 11) is 1.89. The average molecular weight is 301 g/mol. The van der Waals surface area contributed by atoms with Crippen LogP contribution in [0.5, 0.6) is 0 Å². The average Bonchev–Trinajstić information content (AvgIpc) is 3.13. The molecule has 1 aromatic carbocycles. The first kappa shape index (κ1) is 13.8. The highest BCUT2D eigenvalue weighted by atomic mass is 32.2. The monoisotopic (exact) mass is 301 g/mol. The Morgan fingerprint density at radius 1 is 1.19 bits per heavy atom. The summed E-state index contributed by atoms with van der Waals surface area (Å²) in [6.45, 7) is -0.00570. The van der Waals surface area contributed by atoms with E-state index in [1.807, 2.05) is 41.9 Å². The van der Waals surface area contributed by atoms with Gasteiger partial charge >= 0.3 is 0 Å². The van der Waals surface area contributed by atoms with E-state index >= 15 is 0 Å². The van der Waals surface area contributed by atoms with Crippen LogP contribution in [0.4, 0.5) is 0 Å².